The second kappa shape index (κ2) is 8.31. The third-order valence-electron chi connectivity index (χ3n) is 6.28. The molecule has 1 spiro atoms. The minimum atomic E-state index is -1.96. The number of nitrogens with zero attached hydrogens (tertiary/aromatic N) is 1. The van der Waals surface area contributed by atoms with Crippen molar-refractivity contribution in [2.45, 2.75) is 57.2 Å². The fourth-order valence-corrected chi connectivity index (χ4v) is 5.18. The van der Waals surface area contributed by atoms with Gasteiger partial charge in [0, 0.05) is 35.1 Å². The summed E-state index contributed by atoms with van der Waals surface area (Å²) in [4.78, 5) is 38.8. The lowest BCUT2D eigenvalue weighted by Crippen LogP contribution is -2.73. The van der Waals surface area contributed by atoms with Gasteiger partial charge in [-0.2, -0.15) is 0 Å². The first-order chi connectivity index (χ1) is 15.2. The molecule has 170 valence electrons. The molecule has 2 fully saturated rings. The van der Waals surface area contributed by atoms with E-state index in [4.69, 9.17) is 9.47 Å². The van der Waals surface area contributed by atoms with Crippen LogP contribution in [-0.4, -0.2) is 51.8 Å². The normalized spacial score (nSPS) is 25.9. The maximum atomic E-state index is 12.1. The van der Waals surface area contributed by atoms with Crippen molar-refractivity contribution in [3.05, 3.63) is 52.2 Å². The van der Waals surface area contributed by atoms with Crippen LogP contribution in [0.1, 0.15) is 54.9 Å². The smallest absolute Gasteiger partial charge is 0.397 e. The van der Waals surface area contributed by atoms with Crippen molar-refractivity contribution >= 4 is 34.7 Å². The topological polar surface area (TPSA) is 105 Å². The van der Waals surface area contributed by atoms with Gasteiger partial charge in [0.1, 0.15) is 0 Å². The van der Waals surface area contributed by atoms with E-state index in [0.717, 1.165) is 4.88 Å². The highest BCUT2D eigenvalue weighted by Crippen LogP contribution is 2.47. The number of benzene rings is 1. The molecule has 4 rings (SSSR count). The van der Waals surface area contributed by atoms with Gasteiger partial charge in [0.25, 0.3) is 0 Å². The van der Waals surface area contributed by atoms with Crippen LogP contribution in [-0.2, 0) is 19.1 Å². The first kappa shape index (κ1) is 22.4. The van der Waals surface area contributed by atoms with E-state index in [1.54, 1.807) is 36.1 Å². The van der Waals surface area contributed by atoms with Crippen LogP contribution in [0, 0.1) is 0 Å². The number of likely N-dealkylation sites (tertiary alicyclic amines) is 1. The van der Waals surface area contributed by atoms with Gasteiger partial charge in [-0.15, -0.1) is 11.3 Å². The summed E-state index contributed by atoms with van der Waals surface area (Å²) >= 11 is 1.53. The fourth-order valence-electron chi connectivity index (χ4n) is 4.39. The van der Waals surface area contributed by atoms with Crippen LogP contribution in [0.5, 0.6) is 0 Å². The molecule has 32 heavy (non-hydrogen) atoms. The lowest BCUT2D eigenvalue weighted by atomic mass is 9.83. The van der Waals surface area contributed by atoms with Crippen molar-refractivity contribution in [1.82, 2.24) is 4.90 Å². The van der Waals surface area contributed by atoms with Crippen molar-refractivity contribution in [2.75, 3.05) is 11.9 Å². The molecule has 0 saturated carbocycles. The summed E-state index contributed by atoms with van der Waals surface area (Å²) in [5.41, 5.74) is -0.468. The van der Waals surface area contributed by atoms with Crippen LogP contribution >= 0.6 is 11.3 Å². The molecular formula is C23H26N2O6S. The molecule has 3 unspecified atom stereocenters. The summed E-state index contributed by atoms with van der Waals surface area (Å²) in [5.74, 6) is -4.17. The zero-order valence-electron chi connectivity index (χ0n) is 18.2. The first-order valence-corrected chi connectivity index (χ1v) is 11.5. The Morgan fingerprint density at radius 2 is 1.91 bits per heavy atom. The van der Waals surface area contributed by atoms with E-state index in [0.29, 0.717) is 30.6 Å². The number of ketones is 1. The van der Waals surface area contributed by atoms with Gasteiger partial charge in [-0.25, -0.2) is 14.5 Å². The SMILES string of the molecule is CCC(=O)c1ccc(NC2CCN(C(C)c3cccs3)C3(OC(=O)C(=O)O3)C2(C)O)cc1. The average molecular weight is 459 g/mol. The molecule has 2 N–H and O–H groups in total. The van der Waals surface area contributed by atoms with Crippen LogP contribution < -0.4 is 5.32 Å². The molecule has 1 aromatic carbocycles. The Bertz CT molecular complexity index is 1000. The Kier molecular flexibility index (Phi) is 5.83. The van der Waals surface area contributed by atoms with Crippen molar-refractivity contribution in [3.8, 4) is 0 Å². The predicted molar refractivity (Wildman–Crippen MR) is 118 cm³/mol. The number of thiophene rings is 1. The van der Waals surface area contributed by atoms with Gasteiger partial charge < -0.3 is 19.9 Å². The Morgan fingerprint density at radius 3 is 2.47 bits per heavy atom. The van der Waals surface area contributed by atoms with E-state index in [1.165, 1.54) is 18.3 Å². The number of piperidine rings is 1. The molecule has 1 aromatic heterocycles. The van der Waals surface area contributed by atoms with Crippen LogP contribution in [0.25, 0.3) is 0 Å². The van der Waals surface area contributed by atoms with E-state index in [-0.39, 0.29) is 11.8 Å². The largest absolute Gasteiger partial charge is 0.422 e. The minimum Gasteiger partial charge on any atom is -0.397 e. The summed E-state index contributed by atoms with van der Waals surface area (Å²) < 4.78 is 10.9. The van der Waals surface area contributed by atoms with E-state index in [9.17, 15) is 19.5 Å². The molecule has 2 saturated heterocycles. The van der Waals surface area contributed by atoms with Crippen LogP contribution in [0.15, 0.2) is 41.8 Å². The summed E-state index contributed by atoms with van der Waals surface area (Å²) in [6.45, 7) is 5.62. The number of hydrogen-bond donors (Lipinski definition) is 2. The third kappa shape index (κ3) is 3.60. The highest BCUT2D eigenvalue weighted by atomic mass is 32.1. The zero-order chi connectivity index (χ0) is 23.1. The fraction of sp³-hybridized carbons (Fsp3) is 0.435. The van der Waals surface area contributed by atoms with E-state index in [2.05, 4.69) is 5.32 Å². The first-order valence-electron chi connectivity index (χ1n) is 10.6. The van der Waals surface area contributed by atoms with Gasteiger partial charge in [0.05, 0.1) is 6.04 Å². The van der Waals surface area contributed by atoms with Crippen LogP contribution in [0.2, 0.25) is 0 Å². The number of carbonyl (C=O) groups excluding carboxylic acids is 3. The number of rotatable bonds is 6. The number of carbonyl (C=O) groups is 3. The minimum absolute atomic E-state index is 0.0446. The molecule has 2 aromatic rings. The predicted octanol–water partition coefficient (Wildman–Crippen LogP) is 3.09. The summed E-state index contributed by atoms with van der Waals surface area (Å²) in [7, 11) is 0. The number of nitrogens with one attached hydrogen (secondary N) is 1. The molecular weight excluding hydrogens is 432 g/mol. The highest BCUT2D eigenvalue weighted by Gasteiger charge is 2.69. The quantitative estimate of drug-likeness (QED) is 0.387. The Hall–Kier alpha value is -2.75. The lowest BCUT2D eigenvalue weighted by Gasteiger charge is -2.54. The molecule has 3 heterocycles. The number of anilines is 1. The van der Waals surface area contributed by atoms with Crippen molar-refractivity contribution in [3.63, 3.8) is 0 Å². The molecule has 0 radical (unpaired) electrons. The van der Waals surface area contributed by atoms with Crippen molar-refractivity contribution < 1.29 is 29.0 Å². The maximum Gasteiger partial charge on any atom is 0.422 e. The standard InChI is InChI=1S/C23H26N2O6S/c1-4-17(26)15-7-9-16(10-8-15)24-19-11-12-25(14(2)18-6-5-13-32-18)23(22(19,3)29)30-20(27)21(28)31-23/h5-10,13-14,19,24,29H,4,11-12H2,1-3H3. The second-order valence-electron chi connectivity index (χ2n) is 8.23. The summed E-state index contributed by atoms with van der Waals surface area (Å²) in [6.07, 6.45) is 0.914. The van der Waals surface area contributed by atoms with Gasteiger partial charge in [0.2, 0.25) is 0 Å². The zero-order valence-corrected chi connectivity index (χ0v) is 19.0. The third-order valence-corrected chi connectivity index (χ3v) is 7.32. The number of hydrogen-bond acceptors (Lipinski definition) is 9. The van der Waals surface area contributed by atoms with Crippen LogP contribution in [0.4, 0.5) is 5.69 Å². The lowest BCUT2D eigenvalue weighted by molar-refractivity contribution is -0.350. The van der Waals surface area contributed by atoms with Gasteiger partial charge in [0.15, 0.2) is 11.4 Å². The summed E-state index contributed by atoms with van der Waals surface area (Å²) in [5, 5.41) is 16.9. The maximum absolute atomic E-state index is 12.1. The molecule has 9 heteroatoms. The Balaban J connectivity index is 1.64. The van der Waals surface area contributed by atoms with Crippen LogP contribution in [0.3, 0.4) is 0 Å². The average Bonchev–Trinajstić information content (AvgIpc) is 3.41. The molecule has 0 bridgehead atoms. The van der Waals surface area contributed by atoms with E-state index < -0.39 is 29.5 Å². The van der Waals surface area contributed by atoms with E-state index in [1.807, 2.05) is 24.4 Å². The molecule has 2 aliphatic rings. The number of ether oxygens (including phenoxy) is 2. The van der Waals surface area contributed by atoms with Gasteiger partial charge in [-0.05, 0) is 56.0 Å². The molecule has 0 amide bonds. The number of esters is 2. The Labute approximate surface area is 190 Å². The highest BCUT2D eigenvalue weighted by molar-refractivity contribution is 7.10. The number of Topliss-reactive ketones (excluding diaryl/α,β-unsaturated/α-hetero) is 1. The molecule has 2 aliphatic heterocycles. The van der Waals surface area contributed by atoms with Gasteiger partial charge in [-0.1, -0.05) is 13.0 Å². The Morgan fingerprint density at radius 1 is 1.25 bits per heavy atom. The van der Waals surface area contributed by atoms with Crippen molar-refractivity contribution in [2.24, 2.45) is 0 Å². The van der Waals surface area contributed by atoms with Crippen molar-refractivity contribution in [1.29, 1.82) is 0 Å². The second-order valence-corrected chi connectivity index (χ2v) is 9.21. The molecule has 8 nitrogen and oxygen atoms in total. The number of aliphatic hydroxyl groups is 1. The molecule has 3 atom stereocenters. The summed E-state index contributed by atoms with van der Waals surface area (Å²) in [6, 6.07) is 9.97. The van der Waals surface area contributed by atoms with Gasteiger partial charge >= 0.3 is 17.8 Å². The molecule has 0 aliphatic carbocycles. The monoisotopic (exact) mass is 458 g/mol. The van der Waals surface area contributed by atoms with Gasteiger partial charge in [-0.3, -0.25) is 4.79 Å². The van der Waals surface area contributed by atoms with E-state index >= 15 is 0 Å².